The Morgan fingerprint density at radius 3 is 1.43 bits per heavy atom. The molecule has 0 aliphatic carbocycles. The molecule has 0 bridgehead atoms. The van der Waals surface area contributed by atoms with Gasteiger partial charge in [-0.05, 0) is 101 Å². The third kappa shape index (κ3) is 16.0. The molecule has 0 saturated carbocycles. The first-order chi connectivity index (χ1) is 38.5. The second-order valence-corrected chi connectivity index (χ2v) is 30.8. The lowest BCUT2D eigenvalue weighted by atomic mass is 9.84. The highest BCUT2D eigenvalue weighted by molar-refractivity contribution is 8.01. The molecular formula is C67H81N3O6S3Si. The Kier molecular flexibility index (Phi) is 22.6. The third-order valence-electron chi connectivity index (χ3n) is 15.2. The number of nitrogens with one attached hydrogen (secondary N) is 3. The molecule has 0 unspecified atom stereocenters. The molecule has 80 heavy (non-hydrogen) atoms. The molecule has 3 amide bonds. The number of hydrogen-bond acceptors (Lipinski definition) is 9. The van der Waals surface area contributed by atoms with Gasteiger partial charge in [0.2, 0.25) is 17.7 Å². The number of amides is 3. The predicted molar refractivity (Wildman–Crippen MR) is 337 cm³/mol. The van der Waals surface area contributed by atoms with Crippen LogP contribution in [0.1, 0.15) is 100 Å². The van der Waals surface area contributed by atoms with Crippen LogP contribution < -0.4 is 16.0 Å². The zero-order chi connectivity index (χ0) is 57.2. The third-order valence-corrected chi connectivity index (χ3v) is 23.6. The summed E-state index contributed by atoms with van der Waals surface area (Å²) in [5, 5.41) is 9.33. The van der Waals surface area contributed by atoms with E-state index in [0.717, 1.165) is 33.4 Å². The zero-order valence-electron chi connectivity index (χ0n) is 47.8. The van der Waals surface area contributed by atoms with Crippen molar-refractivity contribution in [3.05, 3.63) is 228 Å². The Bertz CT molecular complexity index is 2720. The van der Waals surface area contributed by atoms with Crippen LogP contribution >= 0.6 is 35.3 Å². The number of thioether (sulfide) groups is 3. The molecule has 0 aromatic heterocycles. The summed E-state index contributed by atoms with van der Waals surface area (Å²) in [6, 6.07) is 59.7. The number of ether oxygens (including phenoxy) is 1. The Balaban J connectivity index is 1.24. The highest BCUT2D eigenvalue weighted by Gasteiger charge is 2.44. The average molecular weight is 1150 g/mol. The minimum Gasteiger partial charge on any atom is -0.457 e. The molecule has 1 saturated heterocycles. The molecule has 7 rings (SSSR count). The normalized spacial score (nSPS) is 19.3. The summed E-state index contributed by atoms with van der Waals surface area (Å²) in [5.41, 5.74) is 6.51. The number of hydrogen-bond donors (Lipinski definition) is 3. The van der Waals surface area contributed by atoms with Crippen LogP contribution in [0.4, 0.5) is 0 Å². The van der Waals surface area contributed by atoms with E-state index in [2.05, 4.69) is 173 Å². The number of allylic oxidation sites excluding steroid dienone is 1. The van der Waals surface area contributed by atoms with E-state index in [1.165, 1.54) is 0 Å². The lowest BCUT2D eigenvalue weighted by molar-refractivity contribution is -0.150. The summed E-state index contributed by atoms with van der Waals surface area (Å²) in [6.45, 7) is 14.9. The summed E-state index contributed by atoms with van der Waals surface area (Å²) in [4.78, 5) is 59.5. The van der Waals surface area contributed by atoms with Gasteiger partial charge >= 0.3 is 5.97 Å². The molecule has 1 aliphatic heterocycles. The maximum atomic E-state index is 15.4. The lowest BCUT2D eigenvalue weighted by Crippen LogP contribution is -2.59. The van der Waals surface area contributed by atoms with Crippen molar-refractivity contribution in [3.8, 4) is 0 Å². The fourth-order valence-electron chi connectivity index (χ4n) is 10.1. The second kappa shape index (κ2) is 29.2. The Hall–Kier alpha value is -5.83. The minimum atomic E-state index is -2.62. The molecule has 1 heterocycles. The van der Waals surface area contributed by atoms with Crippen LogP contribution in [0.2, 0.25) is 18.1 Å². The first kappa shape index (κ1) is 61.8. The van der Waals surface area contributed by atoms with E-state index in [0.29, 0.717) is 30.8 Å². The van der Waals surface area contributed by atoms with Crippen LogP contribution in [0.5, 0.6) is 0 Å². The molecule has 1 aliphatic rings. The van der Waals surface area contributed by atoms with Crippen molar-refractivity contribution in [1.29, 1.82) is 0 Å². The quantitative estimate of drug-likeness (QED) is 0.0213. The molecule has 6 aromatic carbocycles. The fourth-order valence-corrected chi connectivity index (χ4v) is 15.0. The summed E-state index contributed by atoms with van der Waals surface area (Å²) in [5.74, 6) is -0.371. The summed E-state index contributed by atoms with van der Waals surface area (Å²) in [7, 11) is -2.62. The van der Waals surface area contributed by atoms with E-state index < -0.39 is 71.8 Å². The van der Waals surface area contributed by atoms with Gasteiger partial charge in [0.15, 0.2) is 8.32 Å². The van der Waals surface area contributed by atoms with Gasteiger partial charge in [-0.15, -0.1) is 23.5 Å². The Morgan fingerprint density at radius 1 is 0.588 bits per heavy atom. The van der Waals surface area contributed by atoms with Crippen LogP contribution in [-0.4, -0.2) is 85.9 Å². The molecular weight excluding hydrogens is 1070 g/mol. The van der Waals surface area contributed by atoms with Gasteiger partial charge in [-0.25, -0.2) is 0 Å². The standard InChI is InChI=1S/C67H81N3O6S3Si/c1-49(2)45-58-60(76-80(7,8)65(3,4)5)47-62(72)75-56(41-27-28-43-78-66(50-29-15-9-16-30-50,51-31-17-10-18-32-51)52-33-19-11-20-34-52)46-61(71)68-57(42-44-77-6)63(73)70-59(64(74)69-58)48-79-67(53-35-21-12-22-36-53,54-37-23-13-24-38-54)55-39-25-14-26-40-55/h9-27,29-41,49,56-60H,28,42-48H2,1-8H3,(H,68,71)(H,69,74)(H,70,73)/b41-27+/t56-,57-,58-,59-,60+/m1/s1. The van der Waals surface area contributed by atoms with E-state index in [4.69, 9.17) is 9.16 Å². The summed E-state index contributed by atoms with van der Waals surface area (Å²) in [6.07, 6.45) is 5.03. The molecule has 6 aromatic rings. The highest BCUT2D eigenvalue weighted by atomic mass is 32.2. The van der Waals surface area contributed by atoms with Gasteiger partial charge < -0.3 is 25.1 Å². The topological polar surface area (TPSA) is 123 Å². The van der Waals surface area contributed by atoms with Crippen molar-refractivity contribution >= 4 is 67.3 Å². The van der Waals surface area contributed by atoms with Crippen LogP contribution in [0, 0.1) is 5.92 Å². The Morgan fingerprint density at radius 2 is 1.01 bits per heavy atom. The van der Waals surface area contributed by atoms with Crippen LogP contribution in [0.25, 0.3) is 0 Å². The summed E-state index contributed by atoms with van der Waals surface area (Å²) < 4.78 is 12.2. The maximum absolute atomic E-state index is 15.4. The number of carbonyl (C=O) groups is 4. The van der Waals surface area contributed by atoms with Crippen LogP contribution in [0.15, 0.2) is 194 Å². The predicted octanol–water partition coefficient (Wildman–Crippen LogP) is 13.7. The molecule has 0 radical (unpaired) electrons. The number of esters is 1. The molecule has 5 atom stereocenters. The van der Waals surface area contributed by atoms with Crippen molar-refractivity contribution in [1.82, 2.24) is 16.0 Å². The molecule has 13 heteroatoms. The minimum absolute atomic E-state index is 0.0870. The van der Waals surface area contributed by atoms with Crippen molar-refractivity contribution in [2.24, 2.45) is 5.92 Å². The zero-order valence-corrected chi connectivity index (χ0v) is 51.2. The monoisotopic (exact) mass is 1150 g/mol. The smallest absolute Gasteiger partial charge is 0.309 e. The van der Waals surface area contributed by atoms with Crippen LogP contribution in [-0.2, 0) is 37.8 Å². The van der Waals surface area contributed by atoms with Crippen molar-refractivity contribution in [3.63, 3.8) is 0 Å². The van der Waals surface area contributed by atoms with Gasteiger partial charge in [-0.2, -0.15) is 11.8 Å². The average Bonchev–Trinajstić information content (AvgIpc) is 3.45. The van der Waals surface area contributed by atoms with Crippen LogP contribution in [0.3, 0.4) is 0 Å². The van der Waals surface area contributed by atoms with Gasteiger partial charge in [0, 0.05) is 5.75 Å². The second-order valence-electron chi connectivity index (χ2n) is 22.5. The Labute approximate surface area is 490 Å². The fraction of sp³-hybridized carbons (Fsp3) is 0.373. The van der Waals surface area contributed by atoms with Crippen molar-refractivity contribution in [2.45, 2.75) is 125 Å². The first-order valence-electron chi connectivity index (χ1n) is 28.0. The number of cyclic esters (lactones) is 1. The largest absolute Gasteiger partial charge is 0.457 e. The van der Waals surface area contributed by atoms with Gasteiger partial charge in [0.05, 0.1) is 34.5 Å². The SMILES string of the molecule is CSCC[C@H]1NC(=O)C[C@@H](/C=C/CCSC(c2ccccc2)(c2ccccc2)c2ccccc2)OC(=O)C[C@H](O[Si](C)(C)C(C)(C)C)[C@@H](CC(C)C)NC(=O)[C@@H](CSC(c2ccccc2)(c2ccccc2)c2ccccc2)NC1=O. The van der Waals surface area contributed by atoms with Crippen molar-refractivity contribution in [2.75, 3.05) is 23.5 Å². The number of carbonyl (C=O) groups excluding carboxylic acids is 4. The van der Waals surface area contributed by atoms with E-state index in [-0.39, 0.29) is 29.6 Å². The summed E-state index contributed by atoms with van der Waals surface area (Å²) >= 11 is 4.96. The number of benzene rings is 6. The van der Waals surface area contributed by atoms with Crippen molar-refractivity contribution < 1.29 is 28.3 Å². The maximum Gasteiger partial charge on any atom is 0.309 e. The number of rotatable bonds is 21. The molecule has 422 valence electrons. The highest BCUT2D eigenvalue weighted by Crippen LogP contribution is 2.50. The van der Waals surface area contributed by atoms with Gasteiger partial charge in [-0.3, -0.25) is 19.2 Å². The molecule has 3 N–H and O–H groups in total. The van der Waals surface area contributed by atoms with Gasteiger partial charge in [0.1, 0.15) is 18.2 Å². The van der Waals surface area contributed by atoms with Gasteiger partial charge in [-0.1, -0.05) is 223 Å². The van der Waals surface area contributed by atoms with E-state index in [1.54, 1.807) is 23.5 Å². The molecule has 1 fully saturated rings. The van der Waals surface area contributed by atoms with E-state index in [1.807, 2.05) is 103 Å². The molecule has 9 nitrogen and oxygen atoms in total. The van der Waals surface area contributed by atoms with E-state index >= 15 is 4.79 Å². The molecule has 0 spiro atoms. The van der Waals surface area contributed by atoms with Gasteiger partial charge in [0.25, 0.3) is 0 Å². The lowest BCUT2D eigenvalue weighted by Gasteiger charge is -2.42. The van der Waals surface area contributed by atoms with E-state index in [9.17, 15) is 14.4 Å². The first-order valence-corrected chi connectivity index (χ1v) is 34.3.